The fourth-order valence-corrected chi connectivity index (χ4v) is 3.05. The Hall–Kier alpha value is -2.39. The molecule has 2 aromatic carbocycles. The highest BCUT2D eigenvalue weighted by Crippen LogP contribution is 2.24. The van der Waals surface area contributed by atoms with Crippen molar-refractivity contribution in [2.45, 2.75) is 18.8 Å². The molecule has 0 saturated carbocycles. The van der Waals surface area contributed by atoms with Gasteiger partial charge in [-0.25, -0.2) is 0 Å². The molecule has 29 heavy (non-hydrogen) atoms. The van der Waals surface area contributed by atoms with E-state index in [9.17, 15) is 22.8 Å². The van der Waals surface area contributed by atoms with Gasteiger partial charge in [-0.05, 0) is 54.8 Å². The first kappa shape index (κ1) is 22.9. The highest BCUT2D eigenvalue weighted by Gasteiger charge is 2.31. The Bertz CT molecular complexity index is 847. The van der Waals surface area contributed by atoms with Crippen LogP contribution in [0, 0.1) is 0 Å². The fourth-order valence-electron chi connectivity index (χ4n) is 2.36. The number of anilines is 1. The minimum Gasteiger partial charge on any atom is -0.406 e. The molecular formula is C19H18ClF3N2O3S. The van der Waals surface area contributed by atoms with E-state index >= 15 is 0 Å². The zero-order valence-electron chi connectivity index (χ0n) is 15.3. The van der Waals surface area contributed by atoms with Crippen molar-refractivity contribution >= 4 is 40.9 Å². The van der Waals surface area contributed by atoms with Gasteiger partial charge in [0.25, 0.3) is 5.91 Å². The molecule has 0 heterocycles. The van der Waals surface area contributed by atoms with Gasteiger partial charge in [0.15, 0.2) is 0 Å². The average molecular weight is 447 g/mol. The summed E-state index contributed by atoms with van der Waals surface area (Å²) in [5.74, 6) is -0.782. The molecule has 0 spiro atoms. The Morgan fingerprint density at radius 2 is 1.79 bits per heavy atom. The lowest BCUT2D eigenvalue weighted by molar-refractivity contribution is -0.274. The highest BCUT2D eigenvalue weighted by atomic mass is 35.5. The lowest BCUT2D eigenvalue weighted by atomic mass is 10.1. The van der Waals surface area contributed by atoms with E-state index in [1.807, 2.05) is 6.26 Å². The summed E-state index contributed by atoms with van der Waals surface area (Å²) in [6.45, 7) is 0. The second-order valence-corrected chi connectivity index (χ2v) is 7.24. The summed E-state index contributed by atoms with van der Waals surface area (Å²) in [7, 11) is 0. The van der Waals surface area contributed by atoms with Crippen LogP contribution in [0.15, 0.2) is 48.5 Å². The van der Waals surface area contributed by atoms with Gasteiger partial charge in [0.05, 0.1) is 10.6 Å². The Morgan fingerprint density at radius 1 is 1.14 bits per heavy atom. The smallest absolute Gasteiger partial charge is 0.406 e. The van der Waals surface area contributed by atoms with Crippen LogP contribution in [0.3, 0.4) is 0 Å². The number of nitrogens with one attached hydrogen (secondary N) is 2. The van der Waals surface area contributed by atoms with Crippen LogP contribution in [0.5, 0.6) is 5.75 Å². The van der Waals surface area contributed by atoms with Crippen LogP contribution in [0.4, 0.5) is 18.9 Å². The summed E-state index contributed by atoms with van der Waals surface area (Å²) < 4.78 is 40.5. The van der Waals surface area contributed by atoms with E-state index in [1.54, 1.807) is 24.3 Å². The van der Waals surface area contributed by atoms with Gasteiger partial charge in [-0.1, -0.05) is 23.7 Å². The molecular weight excluding hydrogens is 429 g/mol. The Labute approximate surface area is 175 Å². The van der Waals surface area contributed by atoms with Crippen molar-refractivity contribution in [1.82, 2.24) is 5.32 Å². The van der Waals surface area contributed by atoms with Crippen molar-refractivity contribution in [3.8, 4) is 5.75 Å². The van der Waals surface area contributed by atoms with E-state index in [1.165, 1.54) is 23.9 Å². The first-order chi connectivity index (χ1) is 13.7. The maximum Gasteiger partial charge on any atom is 0.573 e. The Morgan fingerprint density at radius 3 is 2.38 bits per heavy atom. The zero-order chi connectivity index (χ0) is 21.4. The van der Waals surface area contributed by atoms with E-state index in [2.05, 4.69) is 15.4 Å². The lowest BCUT2D eigenvalue weighted by Crippen LogP contribution is -2.44. The summed E-state index contributed by atoms with van der Waals surface area (Å²) in [5.41, 5.74) is 0.510. The minimum absolute atomic E-state index is 0.241. The molecule has 0 aliphatic carbocycles. The van der Waals surface area contributed by atoms with Crippen LogP contribution in [0.2, 0.25) is 5.02 Å². The normalized spacial score (nSPS) is 12.2. The third kappa shape index (κ3) is 7.51. The highest BCUT2D eigenvalue weighted by molar-refractivity contribution is 7.98. The number of benzene rings is 2. The van der Waals surface area contributed by atoms with Crippen LogP contribution >= 0.6 is 23.4 Å². The molecule has 0 bridgehead atoms. The Balaban J connectivity index is 2.06. The standard InChI is InChI=1S/C19H18ClF3N2O3S/c1-29-11-10-16(25-17(26)14-4-2-3-5-15(14)20)18(27)24-12-6-8-13(9-7-12)28-19(21,22)23/h2-9,16H,10-11H2,1H3,(H,24,27)(H,25,26)/t16-/m1/s1. The van der Waals surface area contributed by atoms with Crippen LogP contribution < -0.4 is 15.4 Å². The van der Waals surface area contributed by atoms with Crippen molar-refractivity contribution in [2.24, 2.45) is 0 Å². The number of hydrogen-bond acceptors (Lipinski definition) is 4. The van der Waals surface area contributed by atoms with Gasteiger partial charge in [-0.15, -0.1) is 13.2 Å². The number of hydrogen-bond donors (Lipinski definition) is 2. The van der Waals surface area contributed by atoms with Gasteiger partial charge < -0.3 is 15.4 Å². The molecule has 0 aromatic heterocycles. The minimum atomic E-state index is -4.79. The molecule has 0 saturated heterocycles. The predicted molar refractivity (Wildman–Crippen MR) is 107 cm³/mol. The van der Waals surface area contributed by atoms with Crippen LogP contribution in [0.1, 0.15) is 16.8 Å². The van der Waals surface area contributed by atoms with Crippen molar-refractivity contribution < 1.29 is 27.5 Å². The number of amides is 2. The first-order valence-corrected chi connectivity index (χ1v) is 10.2. The van der Waals surface area contributed by atoms with Crippen LogP contribution in [0.25, 0.3) is 0 Å². The molecule has 0 radical (unpaired) electrons. The second kappa shape index (κ2) is 10.4. The van der Waals surface area contributed by atoms with E-state index in [0.29, 0.717) is 12.2 Å². The summed E-state index contributed by atoms with van der Waals surface area (Å²) in [6, 6.07) is 10.3. The third-order valence-electron chi connectivity index (χ3n) is 3.71. The van der Waals surface area contributed by atoms with Gasteiger partial charge in [0.2, 0.25) is 5.91 Å². The molecule has 0 aliphatic rings. The number of halogens is 4. The molecule has 2 amide bonds. The first-order valence-electron chi connectivity index (χ1n) is 8.40. The molecule has 5 nitrogen and oxygen atoms in total. The van der Waals surface area contributed by atoms with Crippen LogP contribution in [-0.2, 0) is 4.79 Å². The maximum atomic E-state index is 12.6. The number of carbonyl (C=O) groups excluding carboxylic acids is 2. The Kier molecular flexibility index (Phi) is 8.21. The van der Waals surface area contributed by atoms with E-state index in [-0.39, 0.29) is 16.3 Å². The van der Waals surface area contributed by atoms with Gasteiger partial charge in [-0.2, -0.15) is 11.8 Å². The summed E-state index contributed by atoms with van der Waals surface area (Å²) in [5, 5.41) is 5.49. The van der Waals surface area contributed by atoms with Gasteiger partial charge in [0.1, 0.15) is 11.8 Å². The van der Waals surface area contributed by atoms with E-state index < -0.39 is 30.0 Å². The number of alkyl halides is 3. The second-order valence-electron chi connectivity index (χ2n) is 5.85. The van der Waals surface area contributed by atoms with Crippen molar-refractivity contribution in [3.05, 3.63) is 59.1 Å². The molecule has 10 heteroatoms. The van der Waals surface area contributed by atoms with Gasteiger partial charge in [-0.3, -0.25) is 9.59 Å². The maximum absolute atomic E-state index is 12.6. The molecule has 2 aromatic rings. The van der Waals surface area contributed by atoms with Gasteiger partial charge in [0, 0.05) is 5.69 Å². The number of thioether (sulfide) groups is 1. The predicted octanol–water partition coefficient (Wildman–Crippen LogP) is 4.73. The fraction of sp³-hybridized carbons (Fsp3) is 0.263. The number of rotatable bonds is 8. The van der Waals surface area contributed by atoms with Crippen molar-refractivity contribution in [2.75, 3.05) is 17.3 Å². The lowest BCUT2D eigenvalue weighted by Gasteiger charge is -2.19. The molecule has 2 N–H and O–H groups in total. The third-order valence-corrected chi connectivity index (χ3v) is 4.68. The average Bonchev–Trinajstić information content (AvgIpc) is 2.65. The molecule has 156 valence electrons. The number of ether oxygens (including phenoxy) is 1. The summed E-state index contributed by atoms with van der Waals surface area (Å²) in [4.78, 5) is 25.1. The van der Waals surface area contributed by atoms with E-state index in [0.717, 1.165) is 12.1 Å². The zero-order valence-corrected chi connectivity index (χ0v) is 16.8. The topological polar surface area (TPSA) is 67.4 Å². The number of carbonyl (C=O) groups is 2. The largest absolute Gasteiger partial charge is 0.573 e. The summed E-state index contributed by atoms with van der Waals surface area (Å²) in [6.07, 6.45) is -2.57. The molecule has 0 fully saturated rings. The molecule has 1 atom stereocenters. The van der Waals surface area contributed by atoms with Crippen molar-refractivity contribution in [3.63, 3.8) is 0 Å². The quantitative estimate of drug-likeness (QED) is 0.615. The monoisotopic (exact) mass is 446 g/mol. The molecule has 0 unspecified atom stereocenters. The molecule has 2 rings (SSSR count). The van der Waals surface area contributed by atoms with Crippen LogP contribution in [-0.4, -0.2) is 36.2 Å². The SMILES string of the molecule is CSCC[C@@H](NC(=O)c1ccccc1Cl)C(=O)Nc1ccc(OC(F)(F)F)cc1. The van der Waals surface area contributed by atoms with Gasteiger partial charge >= 0.3 is 6.36 Å². The van der Waals surface area contributed by atoms with Crippen molar-refractivity contribution in [1.29, 1.82) is 0 Å². The summed E-state index contributed by atoms with van der Waals surface area (Å²) >= 11 is 7.53. The molecule has 0 aliphatic heterocycles. The van der Waals surface area contributed by atoms with E-state index in [4.69, 9.17) is 11.6 Å².